The molecule has 0 spiro atoms. The standard InChI is InChI=1S/C28H34N4O5S/c1-4-31-38(35,36)26-14-9-22(10-15-26)11-16-27(33)32(20-23-7-12-25(37-3)13-8-23)21(2)28(34)30-19-24-6-5-17-29-18-24/h5-10,12-15,17-18,21,31H,4,11,16,19-20H2,1-3H3,(H,30,34)/t21-/m0/s1. The van der Waals surface area contributed by atoms with Crippen molar-refractivity contribution in [1.82, 2.24) is 19.9 Å². The van der Waals surface area contributed by atoms with Crippen molar-refractivity contribution in [3.8, 4) is 5.75 Å². The van der Waals surface area contributed by atoms with E-state index in [0.29, 0.717) is 25.3 Å². The molecule has 10 heteroatoms. The summed E-state index contributed by atoms with van der Waals surface area (Å²) in [7, 11) is -1.96. The van der Waals surface area contributed by atoms with Gasteiger partial charge >= 0.3 is 0 Å². The second kappa shape index (κ2) is 13.7. The van der Waals surface area contributed by atoms with Crippen LogP contribution in [0.15, 0.2) is 78.0 Å². The lowest BCUT2D eigenvalue weighted by Crippen LogP contribution is -2.47. The molecule has 3 aromatic rings. The highest BCUT2D eigenvalue weighted by atomic mass is 32.2. The average molecular weight is 539 g/mol. The number of methoxy groups -OCH3 is 1. The molecule has 0 saturated heterocycles. The van der Waals surface area contributed by atoms with Crippen LogP contribution in [0.5, 0.6) is 5.75 Å². The van der Waals surface area contributed by atoms with Crippen molar-refractivity contribution in [3.63, 3.8) is 0 Å². The fourth-order valence-corrected chi connectivity index (χ4v) is 4.89. The molecule has 0 bridgehead atoms. The molecule has 1 aromatic heterocycles. The molecule has 0 aliphatic carbocycles. The quantitative estimate of drug-likeness (QED) is 0.345. The second-order valence-corrected chi connectivity index (χ2v) is 10.5. The van der Waals surface area contributed by atoms with Crippen molar-refractivity contribution in [2.24, 2.45) is 0 Å². The zero-order valence-electron chi connectivity index (χ0n) is 21.9. The average Bonchev–Trinajstić information content (AvgIpc) is 2.94. The van der Waals surface area contributed by atoms with E-state index in [1.54, 1.807) is 56.4 Å². The SMILES string of the molecule is CCNS(=O)(=O)c1ccc(CCC(=O)N(Cc2ccc(OC)cc2)[C@@H](C)C(=O)NCc2cccnc2)cc1. The van der Waals surface area contributed by atoms with Gasteiger partial charge in [-0.25, -0.2) is 13.1 Å². The summed E-state index contributed by atoms with van der Waals surface area (Å²) in [6, 6.07) is 16.8. The number of carbonyl (C=O) groups is 2. The topological polar surface area (TPSA) is 118 Å². The summed E-state index contributed by atoms with van der Waals surface area (Å²) < 4.78 is 32.0. The molecule has 2 amide bonds. The number of pyridine rings is 1. The Morgan fingerprint density at radius 2 is 1.68 bits per heavy atom. The van der Waals surface area contributed by atoms with E-state index >= 15 is 0 Å². The van der Waals surface area contributed by atoms with Gasteiger partial charge in [0.15, 0.2) is 0 Å². The minimum atomic E-state index is -3.54. The Balaban J connectivity index is 1.70. The Hall–Kier alpha value is -3.76. The summed E-state index contributed by atoms with van der Waals surface area (Å²) in [4.78, 5) is 32.2. The Morgan fingerprint density at radius 3 is 2.29 bits per heavy atom. The summed E-state index contributed by atoms with van der Waals surface area (Å²) in [5.41, 5.74) is 2.55. The molecule has 3 rings (SSSR count). The van der Waals surface area contributed by atoms with Gasteiger partial charge in [-0.3, -0.25) is 14.6 Å². The van der Waals surface area contributed by atoms with Crippen molar-refractivity contribution >= 4 is 21.8 Å². The van der Waals surface area contributed by atoms with Crippen molar-refractivity contribution < 1.29 is 22.7 Å². The molecule has 0 unspecified atom stereocenters. The number of benzene rings is 2. The van der Waals surface area contributed by atoms with Crippen LogP contribution in [0.25, 0.3) is 0 Å². The first kappa shape index (κ1) is 28.8. The van der Waals surface area contributed by atoms with Crippen molar-refractivity contribution in [2.75, 3.05) is 13.7 Å². The number of nitrogens with one attached hydrogen (secondary N) is 2. The highest BCUT2D eigenvalue weighted by Crippen LogP contribution is 2.17. The van der Waals surface area contributed by atoms with Gasteiger partial charge in [0.05, 0.1) is 12.0 Å². The van der Waals surface area contributed by atoms with Crippen LogP contribution in [0, 0.1) is 0 Å². The predicted octanol–water partition coefficient (Wildman–Crippen LogP) is 3.05. The van der Waals surface area contributed by atoms with Crippen LogP contribution in [0.2, 0.25) is 0 Å². The molecular weight excluding hydrogens is 504 g/mol. The molecule has 1 atom stereocenters. The fourth-order valence-electron chi connectivity index (χ4n) is 3.85. The lowest BCUT2D eigenvalue weighted by atomic mass is 10.1. The van der Waals surface area contributed by atoms with Crippen LogP contribution in [0.4, 0.5) is 0 Å². The zero-order valence-corrected chi connectivity index (χ0v) is 22.7. The lowest BCUT2D eigenvalue weighted by molar-refractivity contribution is -0.140. The molecule has 0 aliphatic rings. The number of rotatable bonds is 13. The number of carbonyl (C=O) groups excluding carboxylic acids is 2. The highest BCUT2D eigenvalue weighted by molar-refractivity contribution is 7.89. The van der Waals surface area contributed by atoms with E-state index in [0.717, 1.165) is 16.7 Å². The smallest absolute Gasteiger partial charge is 0.242 e. The second-order valence-electron chi connectivity index (χ2n) is 8.77. The maximum atomic E-state index is 13.4. The van der Waals surface area contributed by atoms with Crippen LogP contribution in [0.1, 0.15) is 37.0 Å². The number of nitrogens with zero attached hydrogens (tertiary/aromatic N) is 2. The third-order valence-corrected chi connectivity index (χ3v) is 7.63. The Morgan fingerprint density at radius 1 is 1.00 bits per heavy atom. The monoisotopic (exact) mass is 538 g/mol. The summed E-state index contributed by atoms with van der Waals surface area (Å²) in [6.45, 7) is 4.29. The van der Waals surface area contributed by atoms with Crippen LogP contribution in [-0.4, -0.2) is 49.8 Å². The molecule has 0 radical (unpaired) electrons. The van der Waals surface area contributed by atoms with Gasteiger partial charge < -0.3 is 15.0 Å². The van der Waals surface area contributed by atoms with Gasteiger partial charge in [-0.2, -0.15) is 0 Å². The molecule has 1 heterocycles. The van der Waals surface area contributed by atoms with Crippen LogP contribution in [0.3, 0.4) is 0 Å². The summed E-state index contributed by atoms with van der Waals surface area (Å²) in [5.74, 6) is 0.247. The number of ether oxygens (including phenoxy) is 1. The molecule has 38 heavy (non-hydrogen) atoms. The van der Waals surface area contributed by atoms with Gasteiger partial charge in [0.2, 0.25) is 21.8 Å². The van der Waals surface area contributed by atoms with Crippen LogP contribution >= 0.6 is 0 Å². The molecule has 202 valence electrons. The van der Waals surface area contributed by atoms with E-state index in [-0.39, 0.29) is 29.7 Å². The third-order valence-electron chi connectivity index (χ3n) is 6.06. The molecule has 2 aromatic carbocycles. The first-order valence-corrected chi connectivity index (χ1v) is 13.9. The molecule has 9 nitrogen and oxygen atoms in total. The number of hydrogen-bond donors (Lipinski definition) is 2. The van der Waals surface area contributed by atoms with E-state index in [4.69, 9.17) is 4.74 Å². The van der Waals surface area contributed by atoms with Gasteiger partial charge in [0.1, 0.15) is 11.8 Å². The first-order chi connectivity index (χ1) is 18.2. The molecule has 0 fully saturated rings. The predicted molar refractivity (Wildman–Crippen MR) is 145 cm³/mol. The largest absolute Gasteiger partial charge is 0.497 e. The van der Waals surface area contributed by atoms with Gasteiger partial charge in [0.25, 0.3) is 0 Å². The van der Waals surface area contributed by atoms with E-state index < -0.39 is 16.1 Å². The number of aryl methyl sites for hydroxylation is 1. The van der Waals surface area contributed by atoms with Crippen molar-refractivity contribution in [2.45, 2.75) is 50.7 Å². The number of hydrogen-bond acceptors (Lipinski definition) is 6. The highest BCUT2D eigenvalue weighted by Gasteiger charge is 2.26. The van der Waals surface area contributed by atoms with E-state index in [1.165, 1.54) is 12.1 Å². The number of amides is 2. The van der Waals surface area contributed by atoms with Crippen LogP contribution in [-0.2, 0) is 39.1 Å². The molecule has 2 N–H and O–H groups in total. The Kier molecular flexibility index (Phi) is 10.4. The van der Waals surface area contributed by atoms with Gasteiger partial charge in [-0.05, 0) is 60.4 Å². The first-order valence-electron chi connectivity index (χ1n) is 12.4. The summed E-state index contributed by atoms with van der Waals surface area (Å²) >= 11 is 0. The maximum absolute atomic E-state index is 13.4. The van der Waals surface area contributed by atoms with E-state index in [9.17, 15) is 18.0 Å². The molecular formula is C28H34N4O5S. The van der Waals surface area contributed by atoms with Crippen LogP contribution < -0.4 is 14.8 Å². The maximum Gasteiger partial charge on any atom is 0.242 e. The fraction of sp³-hybridized carbons (Fsp3) is 0.321. The summed E-state index contributed by atoms with van der Waals surface area (Å²) in [5, 5.41) is 2.89. The van der Waals surface area contributed by atoms with Gasteiger partial charge in [0, 0.05) is 38.4 Å². The third kappa shape index (κ3) is 8.12. The minimum absolute atomic E-state index is 0.162. The summed E-state index contributed by atoms with van der Waals surface area (Å²) in [6.07, 6.45) is 3.91. The van der Waals surface area contributed by atoms with Crippen molar-refractivity contribution in [3.05, 3.63) is 89.7 Å². The number of aromatic nitrogens is 1. The number of sulfonamides is 1. The van der Waals surface area contributed by atoms with Gasteiger partial charge in [-0.15, -0.1) is 0 Å². The van der Waals surface area contributed by atoms with E-state index in [1.807, 2.05) is 30.3 Å². The minimum Gasteiger partial charge on any atom is -0.497 e. The van der Waals surface area contributed by atoms with Gasteiger partial charge in [-0.1, -0.05) is 37.3 Å². The Bertz CT molecular complexity index is 1300. The van der Waals surface area contributed by atoms with E-state index in [2.05, 4.69) is 15.0 Å². The molecule has 0 aliphatic heterocycles. The zero-order chi connectivity index (χ0) is 27.5. The molecule has 0 saturated carbocycles. The Labute approximate surface area is 224 Å². The normalized spacial score (nSPS) is 12.0. The lowest BCUT2D eigenvalue weighted by Gasteiger charge is -2.29. The van der Waals surface area contributed by atoms with Crippen molar-refractivity contribution in [1.29, 1.82) is 0 Å².